The summed E-state index contributed by atoms with van der Waals surface area (Å²) in [6, 6.07) is 18.1. The Hall–Kier alpha value is -3.65. The molecule has 2 aromatic heterocycles. The quantitative estimate of drug-likeness (QED) is 0.486. The molecule has 0 atom stereocenters. The van der Waals surface area contributed by atoms with E-state index in [-0.39, 0.29) is 12.5 Å². The van der Waals surface area contributed by atoms with Crippen LogP contribution in [0.5, 0.6) is 11.5 Å². The van der Waals surface area contributed by atoms with E-state index in [1.807, 2.05) is 29.6 Å². The van der Waals surface area contributed by atoms with Crippen LogP contribution in [0.4, 0.5) is 5.69 Å². The molecule has 0 fully saturated rings. The van der Waals surface area contributed by atoms with Gasteiger partial charge in [-0.1, -0.05) is 11.2 Å². The Balaban J connectivity index is 1.33. The lowest BCUT2D eigenvalue weighted by Crippen LogP contribution is -2.20. The molecule has 8 heteroatoms. The van der Waals surface area contributed by atoms with Crippen LogP contribution in [-0.2, 0) is 4.79 Å². The number of ether oxygens (including phenoxy) is 2. The van der Waals surface area contributed by atoms with E-state index in [0.29, 0.717) is 23.2 Å². The average molecular weight is 407 g/mol. The number of hydrogen-bond donors (Lipinski definition) is 1. The molecule has 4 aromatic rings. The zero-order valence-corrected chi connectivity index (χ0v) is 16.3. The fourth-order valence-corrected chi connectivity index (χ4v) is 3.21. The molecule has 0 saturated carbocycles. The minimum atomic E-state index is -0.258. The van der Waals surface area contributed by atoms with E-state index in [9.17, 15) is 4.79 Å². The van der Waals surface area contributed by atoms with Gasteiger partial charge in [0.05, 0.1) is 12.0 Å². The summed E-state index contributed by atoms with van der Waals surface area (Å²) in [4.78, 5) is 17.4. The van der Waals surface area contributed by atoms with Gasteiger partial charge in [0.1, 0.15) is 11.5 Å². The summed E-state index contributed by atoms with van der Waals surface area (Å²) in [6.07, 6.45) is 0. The third kappa shape index (κ3) is 4.61. The maximum absolute atomic E-state index is 12.1. The summed E-state index contributed by atoms with van der Waals surface area (Å²) in [7, 11) is 1.59. The molecule has 146 valence electrons. The van der Waals surface area contributed by atoms with Crippen molar-refractivity contribution < 1.29 is 18.8 Å². The van der Waals surface area contributed by atoms with Crippen LogP contribution in [0.1, 0.15) is 0 Å². The van der Waals surface area contributed by atoms with E-state index in [4.69, 9.17) is 14.0 Å². The fraction of sp³-hybridized carbons (Fsp3) is 0.0952. The summed E-state index contributed by atoms with van der Waals surface area (Å²) in [5, 5.41) is 8.75. The first-order valence-electron chi connectivity index (χ1n) is 8.76. The Bertz CT molecular complexity index is 1070. The molecular weight excluding hydrogens is 390 g/mol. The van der Waals surface area contributed by atoms with Crippen LogP contribution in [0.3, 0.4) is 0 Å². The standard InChI is InChI=1S/C21H17N3O4S/c1-26-16-8-10-17(11-9-16)27-13-19(25)22-15-6-4-14(5-7-15)21-23-20(24-28-21)18-3-2-12-29-18/h2-12H,13H2,1H3,(H,22,25). The summed E-state index contributed by atoms with van der Waals surface area (Å²) in [6.45, 7) is -0.0953. The van der Waals surface area contributed by atoms with Crippen LogP contribution < -0.4 is 14.8 Å². The van der Waals surface area contributed by atoms with Crippen LogP contribution in [0.15, 0.2) is 70.6 Å². The molecule has 0 radical (unpaired) electrons. The van der Waals surface area contributed by atoms with E-state index < -0.39 is 0 Å². The first-order valence-corrected chi connectivity index (χ1v) is 9.64. The van der Waals surface area contributed by atoms with Gasteiger partial charge >= 0.3 is 0 Å². The van der Waals surface area contributed by atoms with Crippen LogP contribution in [-0.4, -0.2) is 29.8 Å². The van der Waals surface area contributed by atoms with Crippen molar-refractivity contribution >= 4 is 22.9 Å². The van der Waals surface area contributed by atoms with Crippen LogP contribution in [0.2, 0.25) is 0 Å². The second-order valence-corrected chi connectivity index (χ2v) is 6.94. The van der Waals surface area contributed by atoms with Crippen LogP contribution in [0.25, 0.3) is 22.2 Å². The van der Waals surface area contributed by atoms with Gasteiger partial charge in [0, 0.05) is 11.3 Å². The van der Waals surface area contributed by atoms with Crippen molar-refractivity contribution in [3.8, 4) is 33.7 Å². The highest BCUT2D eigenvalue weighted by Crippen LogP contribution is 2.26. The van der Waals surface area contributed by atoms with Gasteiger partial charge in [-0.05, 0) is 60.0 Å². The van der Waals surface area contributed by atoms with Gasteiger partial charge in [0.15, 0.2) is 6.61 Å². The third-order valence-electron chi connectivity index (χ3n) is 4.01. The number of rotatable bonds is 7. The topological polar surface area (TPSA) is 86.5 Å². The van der Waals surface area contributed by atoms with Crippen LogP contribution in [0, 0.1) is 0 Å². The minimum absolute atomic E-state index is 0.0953. The number of nitrogens with one attached hydrogen (secondary N) is 1. The molecule has 7 nitrogen and oxygen atoms in total. The van der Waals surface area contributed by atoms with Crippen molar-refractivity contribution in [2.24, 2.45) is 0 Å². The maximum Gasteiger partial charge on any atom is 0.262 e. The smallest absolute Gasteiger partial charge is 0.262 e. The van der Waals surface area contributed by atoms with Gasteiger partial charge in [-0.25, -0.2) is 0 Å². The summed E-state index contributed by atoms with van der Waals surface area (Å²) in [5.41, 5.74) is 1.42. The lowest BCUT2D eigenvalue weighted by molar-refractivity contribution is -0.118. The van der Waals surface area contributed by atoms with Crippen molar-refractivity contribution in [1.82, 2.24) is 10.1 Å². The zero-order valence-electron chi connectivity index (χ0n) is 15.5. The Morgan fingerprint density at radius 1 is 1.07 bits per heavy atom. The Morgan fingerprint density at radius 3 is 2.52 bits per heavy atom. The second kappa shape index (κ2) is 8.57. The van der Waals surface area contributed by atoms with Crippen molar-refractivity contribution in [3.05, 3.63) is 66.0 Å². The fourth-order valence-electron chi connectivity index (χ4n) is 2.56. The molecule has 0 aliphatic carbocycles. The lowest BCUT2D eigenvalue weighted by atomic mass is 10.2. The summed E-state index contributed by atoms with van der Waals surface area (Å²) >= 11 is 1.55. The van der Waals surface area contributed by atoms with Crippen molar-refractivity contribution in [3.63, 3.8) is 0 Å². The predicted molar refractivity (Wildman–Crippen MR) is 110 cm³/mol. The van der Waals surface area contributed by atoms with Gasteiger partial charge in [0.25, 0.3) is 11.8 Å². The largest absolute Gasteiger partial charge is 0.497 e. The minimum Gasteiger partial charge on any atom is -0.497 e. The third-order valence-corrected chi connectivity index (χ3v) is 4.88. The number of amides is 1. The van der Waals surface area contributed by atoms with E-state index in [0.717, 1.165) is 16.2 Å². The van der Waals surface area contributed by atoms with Crippen molar-refractivity contribution in [2.75, 3.05) is 19.0 Å². The van der Waals surface area contributed by atoms with Gasteiger partial charge < -0.3 is 19.3 Å². The number of carbonyl (C=O) groups is 1. The number of benzene rings is 2. The molecule has 2 aromatic carbocycles. The highest BCUT2D eigenvalue weighted by Gasteiger charge is 2.11. The number of aromatic nitrogens is 2. The predicted octanol–water partition coefficient (Wildman–Crippen LogP) is 4.49. The molecule has 0 bridgehead atoms. The Labute approximate surface area is 170 Å². The number of carbonyl (C=O) groups excluding carboxylic acids is 1. The summed E-state index contributed by atoms with van der Waals surface area (Å²) in [5.74, 6) is 2.04. The Morgan fingerprint density at radius 2 is 1.83 bits per heavy atom. The number of methoxy groups -OCH3 is 1. The van der Waals surface area contributed by atoms with E-state index >= 15 is 0 Å². The molecule has 1 N–H and O–H groups in total. The molecule has 4 rings (SSSR count). The Kier molecular flexibility index (Phi) is 5.53. The van der Waals surface area contributed by atoms with Crippen LogP contribution >= 0.6 is 11.3 Å². The van der Waals surface area contributed by atoms with E-state index in [2.05, 4.69) is 15.5 Å². The average Bonchev–Trinajstić information content (AvgIpc) is 3.45. The van der Waals surface area contributed by atoms with Gasteiger partial charge in [-0.3, -0.25) is 4.79 Å². The zero-order chi connectivity index (χ0) is 20.1. The van der Waals surface area contributed by atoms with Gasteiger partial charge in [0.2, 0.25) is 5.82 Å². The first-order chi connectivity index (χ1) is 14.2. The van der Waals surface area contributed by atoms with Gasteiger partial charge in [-0.15, -0.1) is 11.3 Å². The van der Waals surface area contributed by atoms with Gasteiger partial charge in [-0.2, -0.15) is 4.98 Å². The first kappa shape index (κ1) is 18.7. The normalized spacial score (nSPS) is 10.5. The molecule has 0 unspecified atom stereocenters. The number of nitrogens with zero attached hydrogens (tertiary/aromatic N) is 2. The lowest BCUT2D eigenvalue weighted by Gasteiger charge is -2.08. The molecule has 0 aliphatic heterocycles. The van der Waals surface area contributed by atoms with Crippen molar-refractivity contribution in [1.29, 1.82) is 0 Å². The van der Waals surface area contributed by atoms with E-state index in [1.165, 1.54) is 0 Å². The highest BCUT2D eigenvalue weighted by molar-refractivity contribution is 7.13. The van der Waals surface area contributed by atoms with Crippen molar-refractivity contribution in [2.45, 2.75) is 0 Å². The second-order valence-electron chi connectivity index (χ2n) is 5.99. The number of hydrogen-bond acceptors (Lipinski definition) is 7. The highest BCUT2D eigenvalue weighted by atomic mass is 32.1. The molecule has 0 spiro atoms. The number of thiophene rings is 1. The molecule has 0 aliphatic rings. The number of anilines is 1. The molecule has 29 heavy (non-hydrogen) atoms. The maximum atomic E-state index is 12.1. The molecule has 1 amide bonds. The molecule has 2 heterocycles. The molecular formula is C21H17N3O4S. The SMILES string of the molecule is COc1ccc(OCC(=O)Nc2ccc(-c3nc(-c4cccs4)no3)cc2)cc1. The van der Waals surface area contributed by atoms with E-state index in [1.54, 1.807) is 54.8 Å². The summed E-state index contributed by atoms with van der Waals surface area (Å²) < 4.78 is 15.9. The monoisotopic (exact) mass is 407 g/mol. The molecule has 0 saturated heterocycles.